The molecule has 3 nitrogen and oxygen atoms in total. The van der Waals surface area contributed by atoms with Crippen molar-refractivity contribution in [2.75, 3.05) is 13.2 Å². The highest BCUT2D eigenvalue weighted by atomic mass is 32.1. The molecule has 1 aliphatic carbocycles. The number of amides is 1. The Hall–Kier alpha value is -1.07. The molecule has 1 heterocycles. The topological polar surface area (TPSA) is 29.5 Å². The van der Waals surface area contributed by atoms with Crippen LogP contribution in [0.5, 0.6) is 0 Å². The van der Waals surface area contributed by atoms with Gasteiger partial charge in [0.05, 0.1) is 18.8 Å². The molecule has 1 amide bonds. The van der Waals surface area contributed by atoms with Crippen molar-refractivity contribution in [3.8, 4) is 0 Å². The molecular formula is C15H18FNO2S. The first-order valence-corrected chi connectivity index (χ1v) is 7.52. The highest BCUT2D eigenvalue weighted by Gasteiger charge is 2.36. The van der Waals surface area contributed by atoms with Crippen LogP contribution in [0.1, 0.15) is 36.0 Å². The zero-order valence-corrected chi connectivity index (χ0v) is 12.1. The number of nitrogens with zero attached hydrogens (tertiary/aromatic N) is 1. The molecule has 0 aromatic heterocycles. The molecular weight excluding hydrogens is 277 g/mol. The number of morpholine rings is 1. The third-order valence-electron chi connectivity index (χ3n) is 4.19. The molecule has 1 saturated heterocycles. The van der Waals surface area contributed by atoms with Gasteiger partial charge in [0.25, 0.3) is 5.91 Å². The molecule has 1 saturated carbocycles. The zero-order valence-electron chi connectivity index (χ0n) is 11.2. The Morgan fingerprint density at radius 3 is 2.95 bits per heavy atom. The summed E-state index contributed by atoms with van der Waals surface area (Å²) in [6.07, 6.45) is 4.48. The van der Waals surface area contributed by atoms with Crippen molar-refractivity contribution >= 4 is 18.5 Å². The maximum absolute atomic E-state index is 13.3. The first kappa shape index (κ1) is 13.9. The van der Waals surface area contributed by atoms with Crippen molar-refractivity contribution in [3.05, 3.63) is 29.6 Å². The second kappa shape index (κ2) is 5.74. The van der Waals surface area contributed by atoms with Gasteiger partial charge in [0.15, 0.2) is 0 Å². The number of rotatable bonds is 1. The molecule has 5 heteroatoms. The Morgan fingerprint density at radius 2 is 2.15 bits per heavy atom. The summed E-state index contributed by atoms with van der Waals surface area (Å²) in [4.78, 5) is 14.7. The first-order valence-electron chi connectivity index (χ1n) is 7.08. The predicted octanol–water partition coefficient (Wildman–Crippen LogP) is 2.90. The average molecular weight is 295 g/mol. The average Bonchev–Trinajstić information content (AvgIpc) is 2.49. The van der Waals surface area contributed by atoms with Crippen molar-refractivity contribution in [2.24, 2.45) is 0 Å². The van der Waals surface area contributed by atoms with Crippen molar-refractivity contribution in [1.82, 2.24) is 4.90 Å². The van der Waals surface area contributed by atoms with Crippen LogP contribution in [0.15, 0.2) is 23.1 Å². The van der Waals surface area contributed by atoms with Crippen LogP contribution in [0.3, 0.4) is 0 Å². The van der Waals surface area contributed by atoms with Crippen LogP contribution in [-0.2, 0) is 4.74 Å². The number of thiol groups is 1. The van der Waals surface area contributed by atoms with Gasteiger partial charge in [-0.05, 0) is 31.0 Å². The Balaban J connectivity index is 1.83. The first-order chi connectivity index (χ1) is 9.66. The molecule has 2 unspecified atom stereocenters. The van der Waals surface area contributed by atoms with Gasteiger partial charge < -0.3 is 9.64 Å². The second-order valence-electron chi connectivity index (χ2n) is 5.43. The SMILES string of the molecule is O=C(c1ccc(F)c(S)c1)N1CCOC2CCCCC21. The van der Waals surface area contributed by atoms with Crippen molar-refractivity contribution in [1.29, 1.82) is 0 Å². The number of carbonyl (C=O) groups is 1. The fraction of sp³-hybridized carbons (Fsp3) is 0.533. The standard InChI is InChI=1S/C15H18FNO2S/c16-11-6-5-10(9-14(11)20)15(18)17-7-8-19-13-4-2-1-3-12(13)17/h5-6,9,12-13,20H,1-4,7-8H2. The maximum Gasteiger partial charge on any atom is 0.254 e. The molecule has 2 fully saturated rings. The van der Waals surface area contributed by atoms with Crippen LogP contribution in [0, 0.1) is 5.82 Å². The number of carbonyl (C=O) groups excluding carboxylic acids is 1. The van der Waals surface area contributed by atoms with Crippen LogP contribution in [0.25, 0.3) is 0 Å². The number of ether oxygens (including phenoxy) is 1. The van der Waals surface area contributed by atoms with Crippen LogP contribution in [-0.4, -0.2) is 36.1 Å². The number of hydrogen-bond donors (Lipinski definition) is 1. The van der Waals surface area contributed by atoms with Gasteiger partial charge in [0, 0.05) is 17.0 Å². The number of halogens is 1. The van der Waals surface area contributed by atoms with E-state index in [1.807, 2.05) is 4.90 Å². The largest absolute Gasteiger partial charge is 0.374 e. The summed E-state index contributed by atoms with van der Waals surface area (Å²) in [7, 11) is 0. The minimum absolute atomic E-state index is 0.0412. The van der Waals surface area contributed by atoms with Crippen LogP contribution in [0.2, 0.25) is 0 Å². The van der Waals surface area contributed by atoms with E-state index < -0.39 is 5.82 Å². The molecule has 0 bridgehead atoms. The lowest BCUT2D eigenvalue weighted by atomic mass is 9.89. The summed E-state index contributed by atoms with van der Waals surface area (Å²) in [5.74, 6) is -0.442. The van der Waals surface area contributed by atoms with Gasteiger partial charge in [-0.2, -0.15) is 0 Å². The molecule has 0 spiro atoms. The second-order valence-corrected chi connectivity index (χ2v) is 5.91. The summed E-state index contributed by atoms with van der Waals surface area (Å²) in [6.45, 7) is 1.20. The van der Waals surface area contributed by atoms with E-state index in [-0.39, 0.29) is 22.9 Å². The van der Waals surface area contributed by atoms with Crippen LogP contribution < -0.4 is 0 Å². The van der Waals surface area contributed by atoms with Crippen molar-refractivity contribution in [2.45, 2.75) is 42.7 Å². The van der Waals surface area contributed by atoms with Crippen LogP contribution in [0.4, 0.5) is 4.39 Å². The van der Waals surface area contributed by atoms with E-state index in [0.29, 0.717) is 18.7 Å². The molecule has 0 N–H and O–H groups in total. The molecule has 0 radical (unpaired) electrons. The van der Waals surface area contributed by atoms with E-state index in [9.17, 15) is 9.18 Å². The summed E-state index contributed by atoms with van der Waals surface area (Å²) >= 11 is 4.05. The summed E-state index contributed by atoms with van der Waals surface area (Å²) in [5.41, 5.74) is 0.502. The van der Waals surface area contributed by atoms with Gasteiger partial charge in [-0.3, -0.25) is 4.79 Å². The molecule has 1 aromatic carbocycles. The Bertz CT molecular complexity index is 521. The molecule has 1 aliphatic heterocycles. The number of fused-ring (bicyclic) bond motifs is 1. The number of benzene rings is 1. The highest BCUT2D eigenvalue weighted by Crippen LogP contribution is 2.29. The maximum atomic E-state index is 13.3. The van der Waals surface area contributed by atoms with E-state index in [1.54, 1.807) is 0 Å². The molecule has 108 valence electrons. The van der Waals surface area contributed by atoms with Gasteiger partial charge >= 0.3 is 0 Å². The normalized spacial score (nSPS) is 26.2. The van der Waals surface area contributed by atoms with Gasteiger partial charge in [-0.1, -0.05) is 12.8 Å². The highest BCUT2D eigenvalue weighted by molar-refractivity contribution is 7.80. The minimum atomic E-state index is -0.401. The van der Waals surface area contributed by atoms with E-state index in [2.05, 4.69) is 12.6 Å². The fourth-order valence-electron chi connectivity index (χ4n) is 3.16. The Kier molecular flexibility index (Phi) is 3.98. The lowest BCUT2D eigenvalue weighted by Crippen LogP contribution is -2.54. The molecule has 2 atom stereocenters. The third kappa shape index (κ3) is 2.56. The monoisotopic (exact) mass is 295 g/mol. The van der Waals surface area contributed by atoms with Gasteiger partial charge in [-0.15, -0.1) is 12.6 Å². The minimum Gasteiger partial charge on any atom is -0.374 e. The zero-order chi connectivity index (χ0) is 14.1. The molecule has 20 heavy (non-hydrogen) atoms. The lowest BCUT2D eigenvalue weighted by Gasteiger charge is -2.43. The Labute approximate surface area is 123 Å². The van der Waals surface area contributed by atoms with Crippen LogP contribution >= 0.6 is 12.6 Å². The summed E-state index contributed by atoms with van der Waals surface area (Å²) in [6, 6.07) is 4.51. The third-order valence-corrected chi connectivity index (χ3v) is 4.53. The van der Waals surface area contributed by atoms with E-state index >= 15 is 0 Å². The van der Waals surface area contributed by atoms with E-state index in [0.717, 1.165) is 19.3 Å². The van der Waals surface area contributed by atoms with Gasteiger partial charge in [-0.25, -0.2) is 4.39 Å². The summed E-state index contributed by atoms with van der Waals surface area (Å²) in [5, 5.41) is 0. The molecule has 1 aromatic rings. The number of hydrogen-bond acceptors (Lipinski definition) is 3. The smallest absolute Gasteiger partial charge is 0.254 e. The fourth-order valence-corrected chi connectivity index (χ4v) is 3.37. The van der Waals surface area contributed by atoms with E-state index in [4.69, 9.17) is 4.74 Å². The van der Waals surface area contributed by atoms with Crippen molar-refractivity contribution < 1.29 is 13.9 Å². The molecule has 3 rings (SSSR count). The van der Waals surface area contributed by atoms with E-state index in [1.165, 1.54) is 24.6 Å². The van der Waals surface area contributed by atoms with Gasteiger partial charge in [0.2, 0.25) is 0 Å². The quantitative estimate of drug-likeness (QED) is 0.807. The Morgan fingerprint density at radius 1 is 1.35 bits per heavy atom. The lowest BCUT2D eigenvalue weighted by molar-refractivity contribution is -0.0752. The predicted molar refractivity (Wildman–Crippen MR) is 76.7 cm³/mol. The van der Waals surface area contributed by atoms with Gasteiger partial charge in [0.1, 0.15) is 5.82 Å². The van der Waals surface area contributed by atoms with Crippen molar-refractivity contribution in [3.63, 3.8) is 0 Å². The summed E-state index contributed by atoms with van der Waals surface area (Å²) < 4.78 is 19.0. The molecule has 2 aliphatic rings.